The van der Waals surface area contributed by atoms with Crippen LogP contribution < -0.4 is 4.74 Å². The summed E-state index contributed by atoms with van der Waals surface area (Å²) >= 11 is 1.65. The first-order chi connectivity index (χ1) is 11.4. The highest BCUT2D eigenvalue weighted by Crippen LogP contribution is 2.23. The lowest BCUT2D eigenvalue weighted by atomic mass is 10.3. The number of benzene rings is 1. The van der Waals surface area contributed by atoms with Gasteiger partial charge in [-0.2, -0.15) is 0 Å². The van der Waals surface area contributed by atoms with E-state index in [1.807, 2.05) is 48.7 Å². The Balaban J connectivity index is 1.61. The van der Waals surface area contributed by atoms with Crippen LogP contribution in [0, 0.1) is 0 Å². The summed E-state index contributed by atoms with van der Waals surface area (Å²) in [5.74, 6) is 2.56. The van der Waals surface area contributed by atoms with Crippen LogP contribution in [-0.4, -0.2) is 32.1 Å². The number of hydrogen-bond donors (Lipinski definition) is 0. The molecule has 1 aromatic carbocycles. The average molecular weight is 326 g/mol. The fourth-order valence-corrected chi connectivity index (χ4v) is 3.02. The zero-order valence-electron chi connectivity index (χ0n) is 12.9. The van der Waals surface area contributed by atoms with Crippen LogP contribution in [-0.2, 0) is 6.54 Å². The summed E-state index contributed by atoms with van der Waals surface area (Å²) < 4.78 is 7.81. The number of nitrogens with zero attached hydrogens (tertiary/aromatic N) is 4. The Morgan fingerprint density at radius 1 is 1.09 bits per heavy atom. The number of hydrogen-bond acceptors (Lipinski definition) is 5. The molecule has 3 rings (SSSR count). The number of thioether (sulfide) groups is 1. The van der Waals surface area contributed by atoms with Gasteiger partial charge in [-0.1, -0.05) is 30.0 Å². The Bertz CT molecular complexity index is 731. The van der Waals surface area contributed by atoms with Gasteiger partial charge in [-0.05, 0) is 31.2 Å². The molecule has 0 amide bonds. The molecule has 23 heavy (non-hydrogen) atoms. The number of rotatable bonds is 7. The third kappa shape index (κ3) is 3.90. The first-order valence-corrected chi connectivity index (χ1v) is 8.51. The van der Waals surface area contributed by atoms with Crippen LogP contribution in [0.25, 0.3) is 11.4 Å². The van der Waals surface area contributed by atoms with Crippen molar-refractivity contribution < 1.29 is 4.74 Å². The van der Waals surface area contributed by atoms with E-state index >= 15 is 0 Å². The van der Waals surface area contributed by atoms with Gasteiger partial charge in [-0.3, -0.25) is 4.98 Å². The highest BCUT2D eigenvalue weighted by molar-refractivity contribution is 7.99. The maximum Gasteiger partial charge on any atom is 0.191 e. The second-order valence-corrected chi connectivity index (χ2v) is 5.86. The van der Waals surface area contributed by atoms with E-state index in [1.165, 1.54) is 0 Å². The SMILES string of the molecule is CCn1c(SCCOc2ccccc2)nnc1-c1cccnc1. The molecular formula is C17H18N4OS. The highest BCUT2D eigenvalue weighted by atomic mass is 32.2. The zero-order valence-corrected chi connectivity index (χ0v) is 13.7. The maximum absolute atomic E-state index is 5.70. The van der Waals surface area contributed by atoms with Crippen LogP contribution in [0.3, 0.4) is 0 Å². The van der Waals surface area contributed by atoms with Crippen molar-refractivity contribution in [2.24, 2.45) is 0 Å². The van der Waals surface area contributed by atoms with E-state index in [0.29, 0.717) is 6.61 Å². The monoisotopic (exact) mass is 326 g/mol. The molecule has 0 fully saturated rings. The molecule has 0 aliphatic rings. The molecule has 2 aromatic heterocycles. The molecule has 5 nitrogen and oxygen atoms in total. The third-order valence-corrected chi connectivity index (χ3v) is 4.21. The minimum absolute atomic E-state index is 0.632. The number of pyridine rings is 1. The first-order valence-electron chi connectivity index (χ1n) is 7.52. The van der Waals surface area contributed by atoms with E-state index in [1.54, 1.807) is 18.0 Å². The van der Waals surface area contributed by atoms with Gasteiger partial charge in [0.15, 0.2) is 11.0 Å². The Morgan fingerprint density at radius 3 is 2.70 bits per heavy atom. The second-order valence-electron chi connectivity index (χ2n) is 4.80. The van der Waals surface area contributed by atoms with Crippen molar-refractivity contribution in [1.29, 1.82) is 0 Å². The molecule has 2 heterocycles. The lowest BCUT2D eigenvalue weighted by molar-refractivity contribution is 0.344. The molecular weight excluding hydrogens is 308 g/mol. The van der Waals surface area contributed by atoms with Crippen molar-refractivity contribution >= 4 is 11.8 Å². The molecule has 6 heteroatoms. The molecule has 0 spiro atoms. The van der Waals surface area contributed by atoms with Gasteiger partial charge in [0.05, 0.1) is 6.61 Å². The minimum Gasteiger partial charge on any atom is -0.493 e. The highest BCUT2D eigenvalue weighted by Gasteiger charge is 2.12. The van der Waals surface area contributed by atoms with E-state index in [2.05, 4.69) is 26.7 Å². The summed E-state index contributed by atoms with van der Waals surface area (Å²) in [4.78, 5) is 4.15. The molecule has 0 saturated heterocycles. The van der Waals surface area contributed by atoms with Gasteiger partial charge in [0.2, 0.25) is 0 Å². The smallest absolute Gasteiger partial charge is 0.191 e. The topological polar surface area (TPSA) is 52.8 Å². The van der Waals surface area contributed by atoms with Crippen LogP contribution in [0.5, 0.6) is 5.75 Å². The van der Waals surface area contributed by atoms with Crippen LogP contribution >= 0.6 is 11.8 Å². The third-order valence-electron chi connectivity index (χ3n) is 3.28. The fraction of sp³-hybridized carbons (Fsp3) is 0.235. The average Bonchev–Trinajstić information content (AvgIpc) is 3.03. The van der Waals surface area contributed by atoms with Gasteiger partial charge in [0, 0.05) is 30.3 Å². The molecule has 3 aromatic rings. The van der Waals surface area contributed by atoms with Gasteiger partial charge in [-0.25, -0.2) is 0 Å². The van der Waals surface area contributed by atoms with E-state index in [4.69, 9.17) is 4.74 Å². The van der Waals surface area contributed by atoms with Gasteiger partial charge < -0.3 is 9.30 Å². The van der Waals surface area contributed by atoms with Crippen molar-refractivity contribution in [3.63, 3.8) is 0 Å². The van der Waals surface area contributed by atoms with Crippen molar-refractivity contribution in [2.45, 2.75) is 18.6 Å². The standard InChI is InChI=1S/C17H18N4OS/c1-2-21-16(14-7-6-10-18-13-14)19-20-17(21)23-12-11-22-15-8-4-3-5-9-15/h3-10,13H,2,11-12H2,1H3. The summed E-state index contributed by atoms with van der Waals surface area (Å²) in [6.45, 7) is 3.54. The summed E-state index contributed by atoms with van der Waals surface area (Å²) in [6, 6.07) is 13.7. The lowest BCUT2D eigenvalue weighted by Crippen LogP contribution is -2.03. The quantitative estimate of drug-likeness (QED) is 0.491. The predicted molar refractivity (Wildman–Crippen MR) is 91.6 cm³/mol. The van der Waals surface area contributed by atoms with E-state index < -0.39 is 0 Å². The molecule has 0 bridgehead atoms. The molecule has 0 aliphatic heterocycles. The van der Waals surface area contributed by atoms with Crippen molar-refractivity contribution in [3.05, 3.63) is 54.9 Å². The molecule has 0 unspecified atom stereocenters. The molecule has 0 N–H and O–H groups in total. The Morgan fingerprint density at radius 2 is 1.96 bits per heavy atom. The summed E-state index contributed by atoms with van der Waals surface area (Å²) in [5, 5.41) is 9.51. The van der Waals surface area contributed by atoms with Crippen molar-refractivity contribution in [3.8, 4) is 17.1 Å². The normalized spacial score (nSPS) is 10.7. The second kappa shape index (κ2) is 7.78. The van der Waals surface area contributed by atoms with Gasteiger partial charge in [0.1, 0.15) is 5.75 Å². The number of ether oxygens (including phenoxy) is 1. The van der Waals surface area contributed by atoms with Gasteiger partial charge in [0.25, 0.3) is 0 Å². The predicted octanol–water partition coefficient (Wildman–Crippen LogP) is 3.53. The Kier molecular flexibility index (Phi) is 5.26. The van der Waals surface area contributed by atoms with E-state index in [9.17, 15) is 0 Å². The van der Waals surface area contributed by atoms with Crippen LogP contribution in [0.15, 0.2) is 60.0 Å². The van der Waals surface area contributed by atoms with Crippen LogP contribution in [0.2, 0.25) is 0 Å². The van der Waals surface area contributed by atoms with Crippen molar-refractivity contribution in [2.75, 3.05) is 12.4 Å². The molecule has 118 valence electrons. The van der Waals surface area contributed by atoms with Gasteiger partial charge in [-0.15, -0.1) is 10.2 Å². The first kappa shape index (κ1) is 15.6. The minimum atomic E-state index is 0.632. The van der Waals surface area contributed by atoms with Crippen molar-refractivity contribution in [1.82, 2.24) is 19.7 Å². The summed E-state index contributed by atoms with van der Waals surface area (Å²) in [7, 11) is 0. The summed E-state index contributed by atoms with van der Waals surface area (Å²) in [6.07, 6.45) is 3.57. The molecule has 0 atom stereocenters. The number of para-hydroxylation sites is 1. The number of aromatic nitrogens is 4. The van der Waals surface area contributed by atoms with E-state index in [-0.39, 0.29) is 0 Å². The largest absolute Gasteiger partial charge is 0.493 e. The summed E-state index contributed by atoms with van der Waals surface area (Å²) in [5.41, 5.74) is 0.981. The fourth-order valence-electron chi connectivity index (χ4n) is 2.20. The zero-order chi connectivity index (χ0) is 15.9. The Hall–Kier alpha value is -2.34. The lowest BCUT2D eigenvalue weighted by Gasteiger charge is -2.08. The van der Waals surface area contributed by atoms with Crippen LogP contribution in [0.4, 0.5) is 0 Å². The maximum atomic E-state index is 5.70. The molecule has 0 radical (unpaired) electrons. The molecule has 0 aliphatic carbocycles. The Labute approximate surface area is 139 Å². The van der Waals surface area contributed by atoms with Crippen LogP contribution in [0.1, 0.15) is 6.92 Å². The molecule has 0 saturated carbocycles. The van der Waals surface area contributed by atoms with Gasteiger partial charge >= 0.3 is 0 Å². The van der Waals surface area contributed by atoms with E-state index in [0.717, 1.165) is 34.6 Å².